The van der Waals surface area contributed by atoms with Crippen molar-refractivity contribution in [2.45, 2.75) is 42.7 Å². The molecule has 0 aliphatic heterocycles. The Morgan fingerprint density at radius 3 is 2.47 bits per heavy atom. The Bertz CT molecular complexity index is 545. The van der Waals surface area contributed by atoms with Crippen LogP contribution in [0.1, 0.15) is 25.7 Å². The molecule has 2 rings (SSSR count). The summed E-state index contributed by atoms with van der Waals surface area (Å²) in [5, 5.41) is 5.27. The molecule has 1 saturated carbocycles. The Hall–Kier alpha value is -1.11. The molecule has 0 bridgehead atoms. The van der Waals surface area contributed by atoms with Gasteiger partial charge in [0, 0.05) is 19.1 Å². The second-order valence-corrected chi connectivity index (χ2v) is 6.67. The van der Waals surface area contributed by atoms with Gasteiger partial charge >= 0.3 is 0 Å². The van der Waals surface area contributed by atoms with Crippen molar-refractivity contribution >= 4 is 15.7 Å². The Labute approximate surface area is 114 Å². The predicted octanol–water partition coefficient (Wildman–Crippen LogP) is 1.04. The summed E-state index contributed by atoms with van der Waals surface area (Å²) in [5.41, 5.74) is 6.79. The Balaban J connectivity index is 2.36. The van der Waals surface area contributed by atoms with E-state index in [-0.39, 0.29) is 17.0 Å². The van der Waals surface area contributed by atoms with Gasteiger partial charge in [-0.3, -0.25) is 0 Å². The van der Waals surface area contributed by atoms with E-state index < -0.39 is 10.0 Å². The first-order chi connectivity index (χ1) is 8.91. The summed E-state index contributed by atoms with van der Waals surface area (Å²) in [7, 11) is -1.83. The lowest BCUT2D eigenvalue weighted by Gasteiger charge is -2.38. The first kappa shape index (κ1) is 14.3. The van der Waals surface area contributed by atoms with Gasteiger partial charge in [-0.25, -0.2) is 13.6 Å². The van der Waals surface area contributed by atoms with Crippen molar-refractivity contribution in [3.8, 4) is 0 Å². The van der Waals surface area contributed by atoms with Crippen molar-refractivity contribution in [2.24, 2.45) is 10.9 Å². The van der Waals surface area contributed by atoms with Gasteiger partial charge in [0.2, 0.25) is 10.0 Å². The van der Waals surface area contributed by atoms with Gasteiger partial charge in [-0.2, -0.15) is 0 Å². The summed E-state index contributed by atoms with van der Waals surface area (Å²) < 4.78 is 23.3. The molecule has 1 aliphatic rings. The van der Waals surface area contributed by atoms with Crippen LogP contribution in [0, 0.1) is 0 Å². The maximum absolute atomic E-state index is 11.6. The van der Waals surface area contributed by atoms with Crippen LogP contribution in [0.25, 0.3) is 0 Å². The monoisotopic (exact) mass is 283 g/mol. The summed E-state index contributed by atoms with van der Waals surface area (Å²) >= 11 is 0. The molecule has 1 fully saturated rings. The number of hydrogen-bond donors (Lipinski definition) is 2. The number of hydrogen-bond acceptors (Lipinski definition) is 4. The van der Waals surface area contributed by atoms with Gasteiger partial charge in [0.1, 0.15) is 4.90 Å². The summed E-state index contributed by atoms with van der Waals surface area (Å²) in [4.78, 5) is 2.12. The minimum Gasteiger partial charge on any atom is -0.369 e. The van der Waals surface area contributed by atoms with Crippen LogP contribution in [0.3, 0.4) is 0 Å². The van der Waals surface area contributed by atoms with Crippen LogP contribution in [0.5, 0.6) is 0 Å². The molecule has 0 aromatic heterocycles. The first-order valence-electron chi connectivity index (χ1n) is 6.51. The number of nitrogens with two attached hydrogens (primary N) is 2. The van der Waals surface area contributed by atoms with Crippen molar-refractivity contribution in [1.82, 2.24) is 0 Å². The zero-order chi connectivity index (χ0) is 14.0. The third kappa shape index (κ3) is 3.08. The fraction of sp³-hybridized carbons (Fsp3) is 0.538. The number of likely N-dealkylation sites (N-methyl/N-ethyl adjacent to an activating group) is 1. The maximum Gasteiger partial charge on any atom is 0.240 e. The van der Waals surface area contributed by atoms with Crippen molar-refractivity contribution in [2.75, 3.05) is 11.9 Å². The van der Waals surface area contributed by atoms with Gasteiger partial charge in [-0.1, -0.05) is 25.0 Å². The fourth-order valence-corrected chi connectivity index (χ4v) is 3.56. The molecule has 5 nitrogen and oxygen atoms in total. The number of anilines is 1. The third-order valence-electron chi connectivity index (χ3n) is 3.83. The summed E-state index contributed by atoms with van der Waals surface area (Å²) in [6.45, 7) is 0. The largest absolute Gasteiger partial charge is 0.369 e. The molecule has 106 valence electrons. The SMILES string of the molecule is CN(c1ccccc1S(N)(=O)=O)C1CCCCC1N. The quantitative estimate of drug-likeness (QED) is 0.867. The molecule has 0 amide bonds. The zero-order valence-corrected chi connectivity index (χ0v) is 11.9. The van der Waals surface area contributed by atoms with Crippen LogP contribution in [0.4, 0.5) is 5.69 Å². The van der Waals surface area contributed by atoms with Crippen LogP contribution < -0.4 is 15.8 Å². The lowest BCUT2D eigenvalue weighted by atomic mass is 9.90. The molecule has 0 heterocycles. The Morgan fingerprint density at radius 1 is 1.21 bits per heavy atom. The van der Waals surface area contributed by atoms with Crippen LogP contribution in [0.2, 0.25) is 0 Å². The summed E-state index contributed by atoms with van der Waals surface area (Å²) in [5.74, 6) is 0. The number of rotatable bonds is 3. The van der Waals surface area contributed by atoms with E-state index in [1.165, 1.54) is 6.07 Å². The zero-order valence-electron chi connectivity index (χ0n) is 11.1. The van der Waals surface area contributed by atoms with E-state index >= 15 is 0 Å². The minimum atomic E-state index is -3.72. The van der Waals surface area contributed by atoms with Crippen LogP contribution in [0.15, 0.2) is 29.2 Å². The third-order valence-corrected chi connectivity index (χ3v) is 4.79. The summed E-state index contributed by atoms with van der Waals surface area (Å²) in [6.07, 6.45) is 4.23. The number of para-hydroxylation sites is 1. The van der Waals surface area contributed by atoms with Crippen molar-refractivity contribution in [3.63, 3.8) is 0 Å². The van der Waals surface area contributed by atoms with E-state index in [0.717, 1.165) is 25.7 Å². The maximum atomic E-state index is 11.6. The predicted molar refractivity (Wildman–Crippen MR) is 76.4 cm³/mol. The molecular weight excluding hydrogens is 262 g/mol. The molecule has 1 aliphatic carbocycles. The molecule has 2 atom stereocenters. The molecule has 19 heavy (non-hydrogen) atoms. The van der Waals surface area contributed by atoms with E-state index in [2.05, 4.69) is 0 Å². The molecule has 1 aromatic carbocycles. The van der Waals surface area contributed by atoms with E-state index in [9.17, 15) is 8.42 Å². The minimum absolute atomic E-state index is 0.0762. The van der Waals surface area contributed by atoms with Gasteiger partial charge in [0.05, 0.1) is 5.69 Å². The average Bonchev–Trinajstić information content (AvgIpc) is 2.37. The first-order valence-corrected chi connectivity index (χ1v) is 8.06. The van der Waals surface area contributed by atoms with Crippen LogP contribution in [-0.4, -0.2) is 27.5 Å². The lowest BCUT2D eigenvalue weighted by Crippen LogP contribution is -2.48. The molecule has 1 aromatic rings. The summed E-state index contributed by atoms with van der Waals surface area (Å²) in [6, 6.07) is 7.05. The number of sulfonamides is 1. The highest BCUT2D eigenvalue weighted by atomic mass is 32.2. The van der Waals surface area contributed by atoms with Crippen molar-refractivity contribution in [3.05, 3.63) is 24.3 Å². The highest BCUT2D eigenvalue weighted by Crippen LogP contribution is 2.29. The molecule has 6 heteroatoms. The van der Waals surface area contributed by atoms with Crippen LogP contribution >= 0.6 is 0 Å². The van der Waals surface area contributed by atoms with Gasteiger partial charge in [0.15, 0.2) is 0 Å². The van der Waals surface area contributed by atoms with Gasteiger partial charge in [-0.15, -0.1) is 0 Å². The highest BCUT2D eigenvalue weighted by Gasteiger charge is 2.28. The smallest absolute Gasteiger partial charge is 0.240 e. The van der Waals surface area contributed by atoms with E-state index in [1.54, 1.807) is 12.1 Å². The molecule has 0 saturated heterocycles. The van der Waals surface area contributed by atoms with Gasteiger partial charge in [-0.05, 0) is 25.0 Å². The Kier molecular flexibility index (Phi) is 4.13. The molecule has 0 spiro atoms. The number of nitrogens with zero attached hydrogens (tertiary/aromatic N) is 1. The van der Waals surface area contributed by atoms with Gasteiger partial charge in [0.25, 0.3) is 0 Å². The van der Waals surface area contributed by atoms with E-state index in [0.29, 0.717) is 5.69 Å². The second kappa shape index (κ2) is 5.48. The highest BCUT2D eigenvalue weighted by molar-refractivity contribution is 7.89. The van der Waals surface area contributed by atoms with E-state index in [1.807, 2.05) is 18.0 Å². The molecular formula is C13H21N3O2S. The molecule has 0 radical (unpaired) electrons. The lowest BCUT2D eigenvalue weighted by molar-refractivity contribution is 0.373. The second-order valence-electron chi connectivity index (χ2n) is 5.14. The number of benzene rings is 1. The van der Waals surface area contributed by atoms with E-state index in [4.69, 9.17) is 10.9 Å². The van der Waals surface area contributed by atoms with Gasteiger partial charge < -0.3 is 10.6 Å². The molecule has 4 N–H and O–H groups in total. The topological polar surface area (TPSA) is 89.4 Å². The molecule has 2 unspecified atom stereocenters. The standard InChI is InChI=1S/C13H21N3O2S/c1-16(11-7-3-2-6-10(11)14)12-8-4-5-9-13(12)19(15,17)18/h4-5,8-11H,2-3,6-7,14H2,1H3,(H2,15,17,18). The number of primary sulfonamides is 1. The average molecular weight is 283 g/mol. The fourth-order valence-electron chi connectivity index (χ4n) is 2.79. The van der Waals surface area contributed by atoms with Crippen molar-refractivity contribution < 1.29 is 8.42 Å². The van der Waals surface area contributed by atoms with Crippen molar-refractivity contribution in [1.29, 1.82) is 0 Å². The Morgan fingerprint density at radius 2 is 1.84 bits per heavy atom. The normalized spacial score (nSPS) is 24.2. The van der Waals surface area contributed by atoms with Crippen LogP contribution in [-0.2, 0) is 10.0 Å².